The van der Waals surface area contributed by atoms with Crippen molar-refractivity contribution in [1.82, 2.24) is 10.2 Å². The Morgan fingerprint density at radius 1 is 1.39 bits per heavy atom. The number of aromatic hydroxyl groups is 1. The van der Waals surface area contributed by atoms with Gasteiger partial charge >= 0.3 is 0 Å². The van der Waals surface area contributed by atoms with Gasteiger partial charge in [0.2, 0.25) is 0 Å². The summed E-state index contributed by atoms with van der Waals surface area (Å²) < 4.78 is 4.93. The van der Waals surface area contributed by atoms with E-state index in [0.717, 1.165) is 0 Å². The molecule has 6 nitrogen and oxygen atoms in total. The lowest BCUT2D eigenvalue weighted by molar-refractivity contribution is 0.102. The zero-order valence-corrected chi connectivity index (χ0v) is 9.62. The van der Waals surface area contributed by atoms with Gasteiger partial charge in [-0.3, -0.25) is 4.79 Å². The first-order chi connectivity index (χ1) is 8.70. The van der Waals surface area contributed by atoms with Crippen LogP contribution in [0, 0.1) is 0 Å². The Morgan fingerprint density at radius 2 is 2.22 bits per heavy atom. The minimum Gasteiger partial charge on any atom is -0.507 e. The molecule has 18 heavy (non-hydrogen) atoms. The maximum atomic E-state index is 11.9. The predicted octanol–water partition coefficient (Wildman–Crippen LogP) is 1.44. The van der Waals surface area contributed by atoms with Crippen molar-refractivity contribution in [2.75, 3.05) is 12.4 Å². The van der Waals surface area contributed by atoms with Gasteiger partial charge in [-0.2, -0.15) is 5.10 Å². The molecule has 2 N–H and O–H groups in total. The van der Waals surface area contributed by atoms with E-state index < -0.39 is 5.91 Å². The number of rotatable bonds is 3. The highest BCUT2D eigenvalue weighted by molar-refractivity contribution is 6.05. The molecule has 6 heteroatoms. The van der Waals surface area contributed by atoms with Crippen LogP contribution in [0.3, 0.4) is 0 Å². The van der Waals surface area contributed by atoms with Gasteiger partial charge < -0.3 is 15.2 Å². The molecule has 0 aliphatic carbocycles. The van der Waals surface area contributed by atoms with Crippen LogP contribution in [0.2, 0.25) is 0 Å². The van der Waals surface area contributed by atoms with Crippen LogP contribution < -0.4 is 10.1 Å². The van der Waals surface area contributed by atoms with Gasteiger partial charge in [-0.05, 0) is 24.3 Å². The number of benzene rings is 1. The highest BCUT2D eigenvalue weighted by atomic mass is 16.5. The SMILES string of the molecule is COc1ccc(C(=O)Nc2cccnn2)c(O)c1. The van der Waals surface area contributed by atoms with Crippen LogP contribution in [0.15, 0.2) is 36.5 Å². The molecule has 0 saturated carbocycles. The standard InChI is InChI=1S/C12H11N3O3/c1-18-8-4-5-9(10(16)7-8)12(17)14-11-3-2-6-13-15-11/h2-7,16H,1H3,(H,14,15,17). The number of phenolic OH excluding ortho intramolecular Hbond substituents is 1. The Morgan fingerprint density at radius 3 is 2.83 bits per heavy atom. The topological polar surface area (TPSA) is 84.3 Å². The lowest BCUT2D eigenvalue weighted by Gasteiger charge is -2.07. The molecule has 2 aromatic rings. The number of carbonyl (C=O) groups is 1. The summed E-state index contributed by atoms with van der Waals surface area (Å²) >= 11 is 0. The predicted molar refractivity (Wildman–Crippen MR) is 64.6 cm³/mol. The van der Waals surface area contributed by atoms with Crippen LogP contribution in [0.5, 0.6) is 11.5 Å². The molecule has 1 amide bonds. The third kappa shape index (κ3) is 2.54. The molecule has 0 spiro atoms. The second-order valence-electron chi connectivity index (χ2n) is 3.45. The van der Waals surface area contributed by atoms with E-state index in [1.54, 1.807) is 18.2 Å². The zero-order chi connectivity index (χ0) is 13.0. The molecular weight excluding hydrogens is 234 g/mol. The first-order valence-corrected chi connectivity index (χ1v) is 5.17. The van der Waals surface area contributed by atoms with E-state index in [1.165, 1.54) is 25.4 Å². The lowest BCUT2D eigenvalue weighted by atomic mass is 10.2. The molecular formula is C12H11N3O3. The number of carbonyl (C=O) groups excluding carboxylic acids is 1. The highest BCUT2D eigenvalue weighted by Crippen LogP contribution is 2.23. The first kappa shape index (κ1) is 11.8. The summed E-state index contributed by atoms with van der Waals surface area (Å²) in [5.41, 5.74) is 0.140. The van der Waals surface area contributed by atoms with Crippen molar-refractivity contribution in [2.24, 2.45) is 0 Å². The molecule has 92 valence electrons. The number of nitrogens with one attached hydrogen (secondary N) is 1. The van der Waals surface area contributed by atoms with Gasteiger partial charge in [0.05, 0.1) is 12.7 Å². The maximum absolute atomic E-state index is 11.9. The van der Waals surface area contributed by atoms with E-state index in [-0.39, 0.29) is 11.3 Å². The van der Waals surface area contributed by atoms with Crippen LogP contribution in [-0.2, 0) is 0 Å². The van der Waals surface area contributed by atoms with Crippen molar-refractivity contribution in [2.45, 2.75) is 0 Å². The summed E-state index contributed by atoms with van der Waals surface area (Å²) in [5.74, 6) is 0.174. The lowest BCUT2D eigenvalue weighted by Crippen LogP contribution is -2.13. The number of anilines is 1. The van der Waals surface area contributed by atoms with Crippen molar-refractivity contribution in [3.05, 3.63) is 42.1 Å². The minimum atomic E-state index is -0.462. The van der Waals surface area contributed by atoms with E-state index >= 15 is 0 Å². The first-order valence-electron chi connectivity index (χ1n) is 5.17. The smallest absolute Gasteiger partial charge is 0.260 e. The fraction of sp³-hybridized carbons (Fsp3) is 0.0833. The number of aromatic nitrogens is 2. The number of methoxy groups -OCH3 is 1. The second kappa shape index (κ2) is 5.13. The Hall–Kier alpha value is -2.63. The number of phenols is 1. The third-order valence-corrected chi connectivity index (χ3v) is 2.26. The van der Waals surface area contributed by atoms with Crippen molar-refractivity contribution in [1.29, 1.82) is 0 Å². The average Bonchev–Trinajstić information content (AvgIpc) is 2.39. The Balaban J connectivity index is 2.19. The van der Waals surface area contributed by atoms with Crippen LogP contribution in [0.25, 0.3) is 0 Å². The summed E-state index contributed by atoms with van der Waals surface area (Å²) in [7, 11) is 1.48. The van der Waals surface area contributed by atoms with Gasteiger partial charge in [0.25, 0.3) is 5.91 Å². The largest absolute Gasteiger partial charge is 0.507 e. The summed E-state index contributed by atoms with van der Waals surface area (Å²) in [6.45, 7) is 0. The van der Waals surface area contributed by atoms with E-state index in [0.29, 0.717) is 11.6 Å². The average molecular weight is 245 g/mol. The molecule has 0 atom stereocenters. The monoisotopic (exact) mass is 245 g/mol. The molecule has 1 aromatic carbocycles. The number of nitrogens with zero attached hydrogens (tertiary/aromatic N) is 2. The van der Waals surface area contributed by atoms with E-state index in [9.17, 15) is 9.90 Å². The van der Waals surface area contributed by atoms with Gasteiger partial charge in [-0.15, -0.1) is 5.10 Å². The molecule has 0 radical (unpaired) electrons. The highest BCUT2D eigenvalue weighted by Gasteiger charge is 2.12. The second-order valence-corrected chi connectivity index (χ2v) is 3.45. The third-order valence-electron chi connectivity index (χ3n) is 2.26. The summed E-state index contributed by atoms with van der Waals surface area (Å²) in [4.78, 5) is 11.9. The van der Waals surface area contributed by atoms with Crippen molar-refractivity contribution in [3.63, 3.8) is 0 Å². The fourth-order valence-electron chi connectivity index (χ4n) is 1.38. The normalized spacial score (nSPS) is 9.83. The van der Waals surface area contributed by atoms with Gasteiger partial charge in [-0.1, -0.05) is 0 Å². The van der Waals surface area contributed by atoms with Crippen molar-refractivity contribution >= 4 is 11.7 Å². The van der Waals surface area contributed by atoms with Crippen LogP contribution in [-0.4, -0.2) is 28.3 Å². The van der Waals surface area contributed by atoms with Gasteiger partial charge in [-0.25, -0.2) is 0 Å². The minimum absolute atomic E-state index is 0.140. The quantitative estimate of drug-likeness (QED) is 0.854. The van der Waals surface area contributed by atoms with Gasteiger partial charge in [0.1, 0.15) is 11.5 Å². The fourth-order valence-corrected chi connectivity index (χ4v) is 1.38. The van der Waals surface area contributed by atoms with E-state index in [1.807, 2.05) is 0 Å². The number of amides is 1. The Kier molecular flexibility index (Phi) is 3.38. The molecule has 0 aliphatic rings. The number of ether oxygens (including phenoxy) is 1. The van der Waals surface area contributed by atoms with E-state index in [2.05, 4.69) is 15.5 Å². The van der Waals surface area contributed by atoms with Gasteiger partial charge in [0, 0.05) is 12.3 Å². The number of hydrogen-bond donors (Lipinski definition) is 2. The zero-order valence-electron chi connectivity index (χ0n) is 9.62. The molecule has 1 heterocycles. The summed E-state index contributed by atoms with van der Waals surface area (Å²) in [5, 5.41) is 19.6. The van der Waals surface area contributed by atoms with Crippen molar-refractivity contribution < 1.29 is 14.6 Å². The molecule has 2 rings (SSSR count). The molecule has 1 aromatic heterocycles. The maximum Gasteiger partial charge on any atom is 0.260 e. The molecule has 0 fully saturated rings. The van der Waals surface area contributed by atoms with E-state index in [4.69, 9.17) is 4.74 Å². The summed E-state index contributed by atoms with van der Waals surface area (Å²) in [6.07, 6.45) is 1.50. The molecule has 0 unspecified atom stereocenters. The van der Waals surface area contributed by atoms with Crippen LogP contribution >= 0.6 is 0 Å². The Bertz CT molecular complexity index is 558. The number of hydrogen-bond acceptors (Lipinski definition) is 5. The summed E-state index contributed by atoms with van der Waals surface area (Å²) in [6, 6.07) is 7.68. The Labute approximate surface area is 103 Å². The molecule has 0 saturated heterocycles. The van der Waals surface area contributed by atoms with Gasteiger partial charge in [0.15, 0.2) is 5.82 Å². The van der Waals surface area contributed by atoms with Crippen LogP contribution in [0.4, 0.5) is 5.82 Å². The molecule has 0 aliphatic heterocycles. The van der Waals surface area contributed by atoms with Crippen molar-refractivity contribution in [3.8, 4) is 11.5 Å². The molecule has 0 bridgehead atoms. The van der Waals surface area contributed by atoms with Crippen LogP contribution in [0.1, 0.15) is 10.4 Å².